The van der Waals surface area contributed by atoms with Crippen molar-refractivity contribution in [1.29, 1.82) is 0 Å². The Labute approximate surface area is 316 Å². The lowest BCUT2D eigenvalue weighted by atomic mass is 10.00. The topological polar surface area (TPSA) is 175 Å². The Morgan fingerprint density at radius 3 is 2.22 bits per heavy atom. The Morgan fingerprint density at radius 1 is 1.00 bits per heavy atom. The van der Waals surface area contributed by atoms with E-state index in [2.05, 4.69) is 11.9 Å². The molecule has 3 saturated heterocycles. The molecule has 6 rings (SSSR count). The number of carboxylic acid groups (broad SMARTS) is 1. The van der Waals surface area contributed by atoms with Gasteiger partial charge in [0.25, 0.3) is 5.91 Å². The normalized spacial score (nSPS) is 21.9. The molecule has 16 heteroatoms. The summed E-state index contributed by atoms with van der Waals surface area (Å²) < 4.78 is 16.6. The number of likely N-dealkylation sites (tertiary alicyclic amines) is 1. The third-order valence-corrected chi connectivity index (χ3v) is 10.4. The standard InChI is InChI=1S/C38H41N5O10S/c1-5-18-51-37(50)42-21-27(20-41(42)36(48)49)40-17-16-25(31(40)44)19-26-22-54-33-28(39-35(47)53-38(2,3)4)32(45)43(33)29(26)34(46)52-30(23-12-8-6-9-13-23)24-14-10-7-11-15-24/h5-15,19,27-28,30,33H,1,16-18,20-22H2,2-4H3,(H,39,47)(H,48,49). The number of hydrazine groups is 1. The molecule has 2 aromatic rings. The lowest BCUT2D eigenvalue weighted by Crippen LogP contribution is -2.70. The van der Waals surface area contributed by atoms with Crippen LogP contribution in [0.2, 0.25) is 0 Å². The molecule has 4 aliphatic heterocycles. The number of benzene rings is 2. The van der Waals surface area contributed by atoms with Crippen LogP contribution in [0.5, 0.6) is 0 Å². The maximum atomic E-state index is 14.4. The lowest BCUT2D eigenvalue weighted by Gasteiger charge is -2.49. The SMILES string of the molecule is C=CCOC(=O)N1CC(N2CCC(=CC3=C(C(=O)OC(c4ccccc4)c4ccccc4)N4C(=O)C(NC(=O)OC(C)(C)C)C4SC3)C2=O)CN1C(=O)O. The molecule has 5 amide bonds. The van der Waals surface area contributed by atoms with Crippen LogP contribution in [0.15, 0.2) is 96.2 Å². The smallest absolute Gasteiger partial charge is 0.429 e. The van der Waals surface area contributed by atoms with Crippen molar-refractivity contribution in [1.82, 2.24) is 25.1 Å². The number of fused-ring (bicyclic) bond motifs is 1. The van der Waals surface area contributed by atoms with E-state index in [0.29, 0.717) is 22.3 Å². The van der Waals surface area contributed by atoms with Gasteiger partial charge in [0.2, 0.25) is 5.91 Å². The van der Waals surface area contributed by atoms with Gasteiger partial charge in [-0.1, -0.05) is 73.3 Å². The number of esters is 1. The van der Waals surface area contributed by atoms with E-state index in [4.69, 9.17) is 14.2 Å². The summed E-state index contributed by atoms with van der Waals surface area (Å²) in [5, 5.41) is 13.5. The van der Waals surface area contributed by atoms with Crippen LogP contribution >= 0.6 is 11.8 Å². The molecule has 3 unspecified atom stereocenters. The van der Waals surface area contributed by atoms with Crippen LogP contribution in [0.3, 0.4) is 0 Å². The number of hydrogen-bond acceptors (Lipinski definition) is 10. The first-order valence-corrected chi connectivity index (χ1v) is 18.4. The molecule has 4 aliphatic rings. The van der Waals surface area contributed by atoms with Gasteiger partial charge in [-0.2, -0.15) is 0 Å². The zero-order valence-corrected chi connectivity index (χ0v) is 30.8. The zero-order valence-electron chi connectivity index (χ0n) is 30.0. The summed E-state index contributed by atoms with van der Waals surface area (Å²) in [5.41, 5.74) is 1.28. The van der Waals surface area contributed by atoms with E-state index in [-0.39, 0.29) is 44.1 Å². The van der Waals surface area contributed by atoms with Gasteiger partial charge in [0.1, 0.15) is 29.3 Å². The second kappa shape index (κ2) is 15.7. The molecule has 4 heterocycles. The number of carbonyl (C=O) groups excluding carboxylic acids is 5. The van der Waals surface area contributed by atoms with Gasteiger partial charge in [0.15, 0.2) is 6.10 Å². The number of carbonyl (C=O) groups is 6. The number of amides is 5. The molecular formula is C38H41N5O10S. The molecule has 0 bridgehead atoms. The van der Waals surface area contributed by atoms with E-state index >= 15 is 0 Å². The van der Waals surface area contributed by atoms with E-state index in [1.807, 2.05) is 60.7 Å². The summed E-state index contributed by atoms with van der Waals surface area (Å²) in [4.78, 5) is 82.0. The Morgan fingerprint density at radius 2 is 1.63 bits per heavy atom. The maximum absolute atomic E-state index is 14.4. The van der Waals surface area contributed by atoms with Gasteiger partial charge in [-0.05, 0) is 50.0 Å². The Balaban J connectivity index is 1.30. The minimum Gasteiger partial charge on any atom is -0.464 e. The molecule has 3 fully saturated rings. The third-order valence-electron chi connectivity index (χ3n) is 9.05. The number of rotatable bonds is 9. The molecule has 0 spiro atoms. The van der Waals surface area contributed by atoms with Crippen LogP contribution in [0.25, 0.3) is 0 Å². The molecular weight excluding hydrogens is 719 g/mol. The van der Waals surface area contributed by atoms with E-state index < -0.39 is 65.2 Å². The second-order valence-electron chi connectivity index (χ2n) is 13.9. The van der Waals surface area contributed by atoms with Crippen LogP contribution in [-0.4, -0.2) is 116 Å². The number of alkyl carbamates (subject to hydrolysis) is 1. The molecule has 284 valence electrons. The van der Waals surface area contributed by atoms with Gasteiger partial charge >= 0.3 is 24.2 Å². The van der Waals surface area contributed by atoms with Gasteiger partial charge in [0, 0.05) is 17.9 Å². The number of nitrogens with one attached hydrogen (secondary N) is 1. The second-order valence-corrected chi connectivity index (χ2v) is 15.0. The quantitative estimate of drug-likeness (QED) is 0.122. The summed E-state index contributed by atoms with van der Waals surface area (Å²) in [7, 11) is 0. The Kier molecular flexibility index (Phi) is 11.0. The fourth-order valence-corrected chi connectivity index (χ4v) is 7.97. The zero-order chi connectivity index (χ0) is 38.7. The highest BCUT2D eigenvalue weighted by atomic mass is 32.2. The Hall–Kier alpha value is -5.77. The molecule has 0 saturated carbocycles. The van der Waals surface area contributed by atoms with Crippen molar-refractivity contribution in [3.05, 3.63) is 107 Å². The summed E-state index contributed by atoms with van der Waals surface area (Å²) in [6.45, 7) is 8.48. The summed E-state index contributed by atoms with van der Waals surface area (Å²) in [6.07, 6.45) is -0.649. The fraction of sp³-hybridized carbons (Fsp3) is 0.368. The summed E-state index contributed by atoms with van der Waals surface area (Å²) in [5.74, 6) is -1.54. The lowest BCUT2D eigenvalue weighted by molar-refractivity contribution is -0.153. The number of thioether (sulfide) groups is 1. The third kappa shape index (κ3) is 7.93. The van der Waals surface area contributed by atoms with Crippen molar-refractivity contribution < 1.29 is 48.1 Å². The summed E-state index contributed by atoms with van der Waals surface area (Å²) in [6, 6.07) is 16.7. The number of allylic oxidation sites excluding steroid dienone is 1. The minimum absolute atomic E-state index is 0.0457. The predicted molar refractivity (Wildman–Crippen MR) is 195 cm³/mol. The van der Waals surface area contributed by atoms with Crippen molar-refractivity contribution in [2.75, 3.05) is 32.0 Å². The van der Waals surface area contributed by atoms with Crippen molar-refractivity contribution in [2.24, 2.45) is 0 Å². The molecule has 54 heavy (non-hydrogen) atoms. The molecule has 0 radical (unpaired) electrons. The number of nitrogens with zero attached hydrogens (tertiary/aromatic N) is 4. The maximum Gasteiger partial charge on any atom is 0.429 e. The summed E-state index contributed by atoms with van der Waals surface area (Å²) >= 11 is 1.31. The average Bonchev–Trinajstić information content (AvgIpc) is 3.75. The van der Waals surface area contributed by atoms with Crippen LogP contribution in [0, 0.1) is 0 Å². The van der Waals surface area contributed by atoms with Crippen molar-refractivity contribution >= 4 is 47.8 Å². The number of β-lactam (4-membered cyclic amide) rings is 1. The van der Waals surface area contributed by atoms with Crippen molar-refractivity contribution in [3.63, 3.8) is 0 Å². The van der Waals surface area contributed by atoms with Gasteiger partial charge in [-0.25, -0.2) is 29.2 Å². The van der Waals surface area contributed by atoms with E-state index in [9.17, 15) is 33.9 Å². The fourth-order valence-electron chi connectivity index (χ4n) is 6.66. The number of hydrogen-bond donors (Lipinski definition) is 2. The van der Waals surface area contributed by atoms with Crippen molar-refractivity contribution in [2.45, 2.75) is 56.4 Å². The number of ether oxygens (including phenoxy) is 3. The average molecular weight is 760 g/mol. The first-order valence-electron chi connectivity index (χ1n) is 17.3. The van der Waals surface area contributed by atoms with Crippen LogP contribution in [0.1, 0.15) is 44.4 Å². The molecule has 0 aliphatic carbocycles. The van der Waals surface area contributed by atoms with Gasteiger partial charge in [-0.15, -0.1) is 11.8 Å². The van der Waals surface area contributed by atoms with Crippen LogP contribution in [-0.2, 0) is 28.6 Å². The highest BCUT2D eigenvalue weighted by Gasteiger charge is 2.55. The minimum atomic E-state index is -1.37. The monoisotopic (exact) mass is 759 g/mol. The molecule has 0 aromatic heterocycles. The predicted octanol–water partition coefficient (Wildman–Crippen LogP) is 4.44. The van der Waals surface area contributed by atoms with Crippen LogP contribution in [0.4, 0.5) is 14.4 Å². The van der Waals surface area contributed by atoms with E-state index in [1.54, 1.807) is 26.8 Å². The van der Waals surface area contributed by atoms with Gasteiger partial charge in [0.05, 0.1) is 19.1 Å². The molecule has 2 N–H and O–H groups in total. The van der Waals surface area contributed by atoms with Crippen molar-refractivity contribution in [3.8, 4) is 0 Å². The Bertz CT molecular complexity index is 1860. The van der Waals surface area contributed by atoms with E-state index in [0.717, 1.165) is 10.0 Å². The first kappa shape index (κ1) is 38.0. The molecule has 2 aromatic carbocycles. The van der Waals surface area contributed by atoms with Gasteiger partial charge in [-0.3, -0.25) is 14.5 Å². The van der Waals surface area contributed by atoms with Gasteiger partial charge < -0.3 is 29.5 Å². The first-order chi connectivity index (χ1) is 25.8. The molecule has 15 nitrogen and oxygen atoms in total. The molecule has 3 atom stereocenters. The van der Waals surface area contributed by atoms with Crippen LogP contribution < -0.4 is 5.32 Å². The largest absolute Gasteiger partial charge is 0.464 e. The van der Waals surface area contributed by atoms with E-state index in [1.165, 1.54) is 27.6 Å². The highest BCUT2D eigenvalue weighted by Crippen LogP contribution is 2.43. The highest BCUT2D eigenvalue weighted by molar-refractivity contribution is 8.00.